The third-order valence-electron chi connectivity index (χ3n) is 6.30. The van der Waals surface area contributed by atoms with Gasteiger partial charge in [-0.1, -0.05) is 30.7 Å². The Balaban J connectivity index is 1.38. The molecule has 1 aromatic heterocycles. The minimum atomic E-state index is -0.451. The number of carbonyl (C=O) groups excluding carboxylic acids is 2. The first-order valence-corrected chi connectivity index (χ1v) is 11.9. The van der Waals surface area contributed by atoms with Crippen LogP contribution in [-0.4, -0.2) is 19.0 Å². The molecule has 5 rings (SSSR count). The predicted octanol–water partition coefficient (Wildman–Crippen LogP) is 5.26. The third kappa shape index (κ3) is 4.09. The van der Waals surface area contributed by atoms with Gasteiger partial charge in [0.15, 0.2) is 11.5 Å². The Kier molecular flexibility index (Phi) is 5.58. The van der Waals surface area contributed by atoms with E-state index in [-0.39, 0.29) is 5.91 Å². The number of nitrogens with one attached hydrogen (secondary N) is 2. The Hall–Kier alpha value is -3.32. The molecule has 0 saturated carbocycles. The average molecular weight is 463 g/mol. The van der Waals surface area contributed by atoms with Gasteiger partial charge in [-0.3, -0.25) is 4.79 Å². The van der Waals surface area contributed by atoms with Crippen molar-refractivity contribution in [3.05, 3.63) is 75.2 Å². The van der Waals surface area contributed by atoms with E-state index in [1.807, 2.05) is 25.1 Å². The molecule has 2 N–H and O–H groups in total. The Labute approximate surface area is 196 Å². The maximum atomic E-state index is 13.0. The van der Waals surface area contributed by atoms with Crippen molar-refractivity contribution in [2.75, 3.05) is 12.4 Å². The second kappa shape index (κ2) is 8.56. The highest BCUT2D eigenvalue weighted by atomic mass is 32.1. The van der Waals surface area contributed by atoms with Gasteiger partial charge in [0.25, 0.3) is 5.91 Å². The predicted molar refractivity (Wildman–Crippen MR) is 128 cm³/mol. The first kappa shape index (κ1) is 21.5. The molecule has 170 valence electrons. The maximum absolute atomic E-state index is 13.0. The summed E-state index contributed by atoms with van der Waals surface area (Å²) in [6.07, 6.45) is 2.71. The molecule has 2 aromatic carbocycles. The van der Waals surface area contributed by atoms with Gasteiger partial charge in [-0.05, 0) is 67.5 Å². The highest BCUT2D eigenvalue weighted by Crippen LogP contribution is 2.43. The summed E-state index contributed by atoms with van der Waals surface area (Å²) in [5.41, 5.74) is 4.36. The lowest BCUT2D eigenvalue weighted by molar-refractivity contribution is 0.0729. The largest absolute Gasteiger partial charge is 0.493 e. The van der Waals surface area contributed by atoms with Gasteiger partial charge >= 0.3 is 5.97 Å². The lowest BCUT2D eigenvalue weighted by atomic mass is 9.88. The third-order valence-corrected chi connectivity index (χ3v) is 7.49. The van der Waals surface area contributed by atoms with Crippen LogP contribution in [0.4, 0.5) is 5.00 Å². The lowest BCUT2D eigenvalue weighted by Gasteiger charge is -2.27. The number of esters is 1. The number of hydrogen-bond donors (Lipinski definition) is 2. The fourth-order valence-electron chi connectivity index (χ4n) is 4.43. The van der Waals surface area contributed by atoms with Crippen LogP contribution in [-0.2, 0) is 12.8 Å². The SMILES string of the molecule is COc1cc([C@H]2NC(=O)c3c(sc4c3CC[C@@H](C)C4)N2)ccc1OC(=O)c1ccc(C)cc1. The van der Waals surface area contributed by atoms with Gasteiger partial charge < -0.3 is 20.1 Å². The number of aryl methyl sites for hydroxylation is 1. The molecule has 0 bridgehead atoms. The normalized spacial score (nSPS) is 19.1. The molecule has 3 aromatic rings. The van der Waals surface area contributed by atoms with Crippen LogP contribution in [0.5, 0.6) is 11.5 Å². The molecule has 0 spiro atoms. The van der Waals surface area contributed by atoms with Crippen molar-refractivity contribution in [3.63, 3.8) is 0 Å². The summed E-state index contributed by atoms with van der Waals surface area (Å²) in [6, 6.07) is 12.5. The van der Waals surface area contributed by atoms with Crippen molar-refractivity contribution in [2.45, 2.75) is 39.3 Å². The van der Waals surface area contributed by atoms with Crippen LogP contribution in [0.15, 0.2) is 42.5 Å². The molecular formula is C26H26N2O4S. The van der Waals surface area contributed by atoms with Crippen LogP contribution < -0.4 is 20.1 Å². The van der Waals surface area contributed by atoms with E-state index in [9.17, 15) is 9.59 Å². The van der Waals surface area contributed by atoms with Gasteiger partial charge in [-0.25, -0.2) is 4.79 Å². The number of amides is 1. The van der Waals surface area contributed by atoms with E-state index in [4.69, 9.17) is 9.47 Å². The van der Waals surface area contributed by atoms with E-state index in [2.05, 4.69) is 17.6 Å². The van der Waals surface area contributed by atoms with Gasteiger partial charge in [0.1, 0.15) is 11.2 Å². The van der Waals surface area contributed by atoms with Crippen LogP contribution in [0.25, 0.3) is 0 Å². The molecule has 33 heavy (non-hydrogen) atoms. The lowest BCUT2D eigenvalue weighted by Crippen LogP contribution is -2.38. The Bertz CT molecular complexity index is 1230. The minimum Gasteiger partial charge on any atom is -0.493 e. The van der Waals surface area contributed by atoms with Gasteiger partial charge in [-0.2, -0.15) is 0 Å². The number of fused-ring (bicyclic) bond motifs is 3. The van der Waals surface area contributed by atoms with E-state index in [1.54, 1.807) is 35.6 Å². The minimum absolute atomic E-state index is 0.0466. The fourth-order valence-corrected chi connectivity index (χ4v) is 5.86. The monoisotopic (exact) mass is 462 g/mol. The first-order valence-electron chi connectivity index (χ1n) is 11.1. The maximum Gasteiger partial charge on any atom is 0.343 e. The molecule has 7 heteroatoms. The highest BCUT2D eigenvalue weighted by molar-refractivity contribution is 7.16. The number of methoxy groups -OCH3 is 1. The molecule has 0 unspecified atom stereocenters. The number of anilines is 1. The van der Waals surface area contributed by atoms with E-state index >= 15 is 0 Å². The molecule has 1 aliphatic heterocycles. The zero-order valence-electron chi connectivity index (χ0n) is 18.9. The summed E-state index contributed by atoms with van der Waals surface area (Å²) < 4.78 is 11.1. The standard InChI is InChI=1S/C26H26N2O4S/c1-14-4-7-16(8-5-14)26(30)32-19-11-9-17(13-20(19)31-3)23-27-24(29)22-18-10-6-15(2)12-21(18)33-25(22)28-23/h4-5,7-9,11,13,15,23,28H,6,10,12H2,1-3H3,(H,27,29)/t15-,23+/m1/s1. The number of ether oxygens (including phenoxy) is 2. The zero-order valence-corrected chi connectivity index (χ0v) is 19.7. The molecule has 0 fully saturated rings. The number of carbonyl (C=O) groups is 2. The quantitative estimate of drug-likeness (QED) is 0.408. The Morgan fingerprint density at radius 3 is 2.64 bits per heavy atom. The van der Waals surface area contributed by atoms with E-state index in [0.29, 0.717) is 23.0 Å². The molecule has 2 heterocycles. The van der Waals surface area contributed by atoms with Crippen LogP contribution in [0, 0.1) is 12.8 Å². The topological polar surface area (TPSA) is 76.7 Å². The molecule has 0 radical (unpaired) electrons. The summed E-state index contributed by atoms with van der Waals surface area (Å²) in [5, 5.41) is 7.48. The Morgan fingerprint density at radius 1 is 1.09 bits per heavy atom. The molecule has 1 aliphatic carbocycles. The molecule has 2 aliphatic rings. The average Bonchev–Trinajstić information content (AvgIpc) is 3.17. The summed E-state index contributed by atoms with van der Waals surface area (Å²) in [7, 11) is 1.53. The smallest absolute Gasteiger partial charge is 0.343 e. The molecular weight excluding hydrogens is 436 g/mol. The summed E-state index contributed by atoms with van der Waals surface area (Å²) in [6.45, 7) is 4.22. The van der Waals surface area contributed by atoms with Gasteiger partial charge in [-0.15, -0.1) is 11.3 Å². The molecule has 1 amide bonds. The number of benzene rings is 2. The van der Waals surface area contributed by atoms with Crippen molar-refractivity contribution in [1.82, 2.24) is 5.32 Å². The second-order valence-corrected chi connectivity index (χ2v) is 9.88. The van der Waals surface area contributed by atoms with Crippen LogP contribution in [0.1, 0.15) is 61.8 Å². The van der Waals surface area contributed by atoms with E-state index in [0.717, 1.165) is 41.0 Å². The van der Waals surface area contributed by atoms with Crippen molar-refractivity contribution >= 4 is 28.2 Å². The number of hydrogen-bond acceptors (Lipinski definition) is 6. The van der Waals surface area contributed by atoms with E-state index in [1.165, 1.54) is 17.6 Å². The van der Waals surface area contributed by atoms with Gasteiger partial charge in [0.2, 0.25) is 0 Å². The van der Waals surface area contributed by atoms with Crippen LogP contribution in [0.2, 0.25) is 0 Å². The van der Waals surface area contributed by atoms with Gasteiger partial charge in [0.05, 0.1) is 18.2 Å². The summed E-state index contributed by atoms with van der Waals surface area (Å²) in [4.78, 5) is 26.8. The summed E-state index contributed by atoms with van der Waals surface area (Å²) >= 11 is 1.69. The molecule has 0 saturated heterocycles. The summed E-state index contributed by atoms with van der Waals surface area (Å²) in [5.74, 6) is 0.906. The molecule has 2 atom stereocenters. The van der Waals surface area contributed by atoms with Crippen molar-refractivity contribution in [2.24, 2.45) is 5.92 Å². The zero-order chi connectivity index (χ0) is 23.1. The van der Waals surface area contributed by atoms with E-state index < -0.39 is 12.1 Å². The number of thiophene rings is 1. The number of rotatable bonds is 4. The fraction of sp³-hybridized carbons (Fsp3) is 0.308. The molecule has 6 nitrogen and oxygen atoms in total. The Morgan fingerprint density at radius 2 is 1.88 bits per heavy atom. The first-order chi connectivity index (χ1) is 15.9. The second-order valence-electron chi connectivity index (χ2n) is 8.77. The van der Waals surface area contributed by atoms with Gasteiger partial charge in [0, 0.05) is 4.88 Å². The van der Waals surface area contributed by atoms with Crippen molar-refractivity contribution < 1.29 is 19.1 Å². The van der Waals surface area contributed by atoms with Crippen LogP contribution in [0.3, 0.4) is 0 Å². The van der Waals surface area contributed by atoms with Crippen molar-refractivity contribution in [1.29, 1.82) is 0 Å². The highest BCUT2D eigenvalue weighted by Gasteiger charge is 2.33. The van der Waals surface area contributed by atoms with Crippen molar-refractivity contribution in [3.8, 4) is 11.5 Å². The van der Waals surface area contributed by atoms with Crippen LogP contribution >= 0.6 is 11.3 Å².